The zero-order valence-electron chi connectivity index (χ0n) is 13.6. The fourth-order valence-electron chi connectivity index (χ4n) is 3.18. The summed E-state index contributed by atoms with van der Waals surface area (Å²) in [5, 5.41) is 0. The van der Waals surface area contributed by atoms with Crippen molar-refractivity contribution in [1.82, 2.24) is 0 Å². The summed E-state index contributed by atoms with van der Waals surface area (Å²) in [5.41, 5.74) is 10.1. The van der Waals surface area contributed by atoms with Crippen LogP contribution in [-0.4, -0.2) is 13.2 Å². The highest BCUT2D eigenvalue weighted by Gasteiger charge is 2.29. The normalized spacial score (nSPS) is 20.8. The molecule has 2 nitrogen and oxygen atoms in total. The van der Waals surface area contributed by atoms with Crippen LogP contribution in [0.4, 0.5) is 0 Å². The summed E-state index contributed by atoms with van der Waals surface area (Å²) in [6.45, 7) is 12.8. The highest BCUT2D eigenvalue weighted by atomic mass is 16.5. The summed E-state index contributed by atoms with van der Waals surface area (Å²) < 4.78 is 6.15. The van der Waals surface area contributed by atoms with Crippen molar-refractivity contribution in [3.8, 4) is 5.75 Å². The quantitative estimate of drug-likeness (QED) is 0.880. The lowest BCUT2D eigenvalue weighted by Gasteiger charge is -2.28. The van der Waals surface area contributed by atoms with E-state index in [1.54, 1.807) is 0 Å². The van der Waals surface area contributed by atoms with Gasteiger partial charge in [-0.1, -0.05) is 45.4 Å². The van der Waals surface area contributed by atoms with E-state index in [9.17, 15) is 0 Å². The Bertz CT molecular complexity index is 473. The molecule has 1 aliphatic heterocycles. The molecule has 0 aromatic heterocycles. The predicted molar refractivity (Wildman–Crippen MR) is 85.6 cm³/mol. The van der Waals surface area contributed by atoms with E-state index in [2.05, 4.69) is 46.8 Å². The number of nitrogens with two attached hydrogens (primary N) is 1. The first-order chi connectivity index (χ1) is 9.34. The molecule has 0 radical (unpaired) electrons. The number of benzene rings is 1. The fraction of sp³-hybridized carbons (Fsp3) is 0.667. The Kier molecular flexibility index (Phi) is 4.43. The minimum atomic E-state index is 0.108. The fourth-order valence-corrected chi connectivity index (χ4v) is 3.18. The monoisotopic (exact) mass is 275 g/mol. The summed E-state index contributed by atoms with van der Waals surface area (Å²) in [6, 6.07) is 4.60. The minimum absolute atomic E-state index is 0.108. The molecule has 0 fully saturated rings. The van der Waals surface area contributed by atoms with E-state index >= 15 is 0 Å². The van der Waals surface area contributed by atoms with Crippen LogP contribution in [-0.2, 0) is 5.41 Å². The third-order valence-electron chi connectivity index (χ3n) is 4.43. The van der Waals surface area contributed by atoms with Crippen molar-refractivity contribution in [2.75, 3.05) is 13.2 Å². The molecule has 2 atom stereocenters. The van der Waals surface area contributed by atoms with Gasteiger partial charge in [-0.3, -0.25) is 0 Å². The van der Waals surface area contributed by atoms with Crippen molar-refractivity contribution >= 4 is 0 Å². The smallest absolute Gasteiger partial charge is 0.126 e. The first-order valence-corrected chi connectivity index (χ1v) is 7.82. The number of fused-ring (bicyclic) bond motifs is 1. The van der Waals surface area contributed by atoms with Gasteiger partial charge in [0, 0.05) is 5.56 Å². The molecule has 0 bridgehead atoms. The van der Waals surface area contributed by atoms with Crippen LogP contribution in [0.25, 0.3) is 0 Å². The van der Waals surface area contributed by atoms with Crippen LogP contribution < -0.4 is 10.5 Å². The third-order valence-corrected chi connectivity index (χ3v) is 4.43. The van der Waals surface area contributed by atoms with Gasteiger partial charge in [0.25, 0.3) is 0 Å². The van der Waals surface area contributed by atoms with Crippen molar-refractivity contribution in [1.29, 1.82) is 0 Å². The highest BCUT2D eigenvalue weighted by molar-refractivity contribution is 5.50. The molecule has 1 aliphatic rings. The largest absolute Gasteiger partial charge is 0.493 e. The minimum Gasteiger partial charge on any atom is -0.493 e. The summed E-state index contributed by atoms with van der Waals surface area (Å²) in [4.78, 5) is 0. The van der Waals surface area contributed by atoms with Gasteiger partial charge in [-0.15, -0.1) is 0 Å². The molecule has 1 aromatic rings. The van der Waals surface area contributed by atoms with E-state index in [-0.39, 0.29) is 5.41 Å². The Balaban J connectivity index is 2.59. The number of ether oxygens (including phenoxy) is 1. The molecule has 0 amide bonds. The van der Waals surface area contributed by atoms with Crippen molar-refractivity contribution < 1.29 is 4.74 Å². The van der Waals surface area contributed by atoms with E-state index in [4.69, 9.17) is 10.5 Å². The molecule has 0 aliphatic carbocycles. The van der Waals surface area contributed by atoms with Crippen LogP contribution in [0.3, 0.4) is 0 Å². The van der Waals surface area contributed by atoms with Crippen molar-refractivity contribution in [2.45, 2.75) is 58.8 Å². The number of aryl methyl sites for hydroxylation is 1. The van der Waals surface area contributed by atoms with Gasteiger partial charge in [0.2, 0.25) is 0 Å². The maximum absolute atomic E-state index is 6.15. The van der Waals surface area contributed by atoms with Crippen LogP contribution in [0, 0.1) is 12.8 Å². The second kappa shape index (κ2) is 5.77. The highest BCUT2D eigenvalue weighted by Crippen LogP contribution is 2.43. The lowest BCUT2D eigenvalue weighted by molar-refractivity contribution is 0.306. The van der Waals surface area contributed by atoms with Crippen LogP contribution >= 0.6 is 0 Å². The Hall–Kier alpha value is -1.02. The van der Waals surface area contributed by atoms with Gasteiger partial charge in [-0.05, 0) is 49.1 Å². The number of hydrogen-bond acceptors (Lipinski definition) is 2. The van der Waals surface area contributed by atoms with Gasteiger partial charge < -0.3 is 10.5 Å². The van der Waals surface area contributed by atoms with E-state index in [0.29, 0.717) is 11.8 Å². The Morgan fingerprint density at radius 2 is 2.05 bits per heavy atom. The first kappa shape index (κ1) is 15.4. The van der Waals surface area contributed by atoms with E-state index in [0.717, 1.165) is 25.3 Å². The van der Waals surface area contributed by atoms with Crippen LogP contribution in [0.2, 0.25) is 0 Å². The molecule has 1 heterocycles. The molecule has 0 saturated heterocycles. The standard InChI is InChI=1S/C18H29NO/c1-12-9-15-14(13(2)11-19)7-6-8-20-17(15)16(10-12)18(3,4)5/h9-10,13-14H,6-8,11,19H2,1-5H3. The summed E-state index contributed by atoms with van der Waals surface area (Å²) >= 11 is 0. The third kappa shape index (κ3) is 3.01. The SMILES string of the molecule is Cc1cc2c(c(C(C)(C)C)c1)OCCCC2C(C)CN. The Morgan fingerprint density at radius 1 is 1.35 bits per heavy atom. The van der Waals surface area contributed by atoms with Gasteiger partial charge in [0.1, 0.15) is 5.75 Å². The van der Waals surface area contributed by atoms with Crippen LogP contribution in [0.15, 0.2) is 12.1 Å². The van der Waals surface area contributed by atoms with Crippen LogP contribution in [0.1, 0.15) is 63.1 Å². The van der Waals surface area contributed by atoms with Gasteiger partial charge in [-0.25, -0.2) is 0 Å². The molecule has 0 saturated carbocycles. The van der Waals surface area contributed by atoms with E-state index < -0.39 is 0 Å². The van der Waals surface area contributed by atoms with E-state index in [1.807, 2.05) is 0 Å². The average Bonchev–Trinajstić information content (AvgIpc) is 2.58. The second-order valence-corrected chi connectivity index (χ2v) is 7.29. The molecule has 2 unspecified atom stereocenters. The zero-order chi connectivity index (χ0) is 14.9. The zero-order valence-corrected chi connectivity index (χ0v) is 13.6. The van der Waals surface area contributed by atoms with Gasteiger partial charge >= 0.3 is 0 Å². The molecular weight excluding hydrogens is 246 g/mol. The van der Waals surface area contributed by atoms with Crippen molar-refractivity contribution in [3.63, 3.8) is 0 Å². The summed E-state index contributed by atoms with van der Waals surface area (Å²) in [7, 11) is 0. The van der Waals surface area contributed by atoms with Gasteiger partial charge in [0.05, 0.1) is 6.61 Å². The lowest BCUT2D eigenvalue weighted by atomic mass is 9.78. The summed E-state index contributed by atoms with van der Waals surface area (Å²) in [6.07, 6.45) is 2.30. The molecule has 1 aromatic carbocycles. The molecule has 2 heteroatoms. The topological polar surface area (TPSA) is 35.2 Å². The van der Waals surface area contributed by atoms with Gasteiger partial charge in [-0.2, -0.15) is 0 Å². The summed E-state index contributed by atoms with van der Waals surface area (Å²) in [5.74, 6) is 2.16. The number of hydrogen-bond donors (Lipinski definition) is 1. The molecule has 0 spiro atoms. The average molecular weight is 275 g/mol. The Labute approximate surface area is 123 Å². The number of rotatable bonds is 2. The maximum atomic E-state index is 6.15. The molecule has 20 heavy (non-hydrogen) atoms. The van der Waals surface area contributed by atoms with Gasteiger partial charge in [0.15, 0.2) is 0 Å². The first-order valence-electron chi connectivity index (χ1n) is 7.82. The van der Waals surface area contributed by atoms with E-state index in [1.165, 1.54) is 23.1 Å². The van der Waals surface area contributed by atoms with Crippen molar-refractivity contribution in [3.05, 3.63) is 28.8 Å². The van der Waals surface area contributed by atoms with Crippen LogP contribution in [0.5, 0.6) is 5.75 Å². The molecule has 2 N–H and O–H groups in total. The van der Waals surface area contributed by atoms with Crippen molar-refractivity contribution in [2.24, 2.45) is 11.7 Å². The molecule has 2 rings (SSSR count). The predicted octanol–water partition coefficient (Wildman–Crippen LogP) is 4.14. The molecular formula is C18H29NO. The molecule has 112 valence electrons. The Morgan fingerprint density at radius 3 is 2.65 bits per heavy atom. The second-order valence-electron chi connectivity index (χ2n) is 7.29. The lowest BCUT2D eigenvalue weighted by Crippen LogP contribution is -2.20. The maximum Gasteiger partial charge on any atom is 0.126 e.